The standard InChI is InChI=1S/C9H7N5O/c1-14-5-7(4-12-14)8-11-3-6(2-10)9(15)13-8/h3-5H,1H3,(H,11,13,15). The summed E-state index contributed by atoms with van der Waals surface area (Å²) in [6.45, 7) is 0. The molecule has 0 bridgehead atoms. The van der Waals surface area contributed by atoms with Crippen LogP contribution in [-0.4, -0.2) is 24.9 Å². The van der Waals surface area contributed by atoms with Crippen LogP contribution in [0, 0.1) is 11.3 Å². The van der Waals surface area contributed by atoms with Crippen molar-refractivity contribution in [2.45, 2.75) is 0 Å². The van der Waals surface area contributed by atoms with Crippen molar-refractivity contribution < 1.29 is 5.11 Å². The van der Waals surface area contributed by atoms with Gasteiger partial charge in [-0.3, -0.25) is 4.68 Å². The normalized spacial score (nSPS) is 9.87. The number of hydrogen-bond donors (Lipinski definition) is 1. The highest BCUT2D eigenvalue weighted by Crippen LogP contribution is 2.18. The zero-order valence-electron chi connectivity index (χ0n) is 7.92. The summed E-state index contributed by atoms with van der Waals surface area (Å²) in [7, 11) is 1.77. The molecule has 0 aliphatic rings. The van der Waals surface area contributed by atoms with Crippen molar-refractivity contribution in [2.75, 3.05) is 0 Å². The first-order valence-corrected chi connectivity index (χ1v) is 4.16. The monoisotopic (exact) mass is 201 g/mol. The maximum Gasteiger partial charge on any atom is 0.232 e. The van der Waals surface area contributed by atoms with Gasteiger partial charge in [-0.2, -0.15) is 15.3 Å². The third-order valence-corrected chi connectivity index (χ3v) is 1.85. The van der Waals surface area contributed by atoms with E-state index in [9.17, 15) is 5.11 Å². The predicted octanol–water partition coefficient (Wildman–Crippen LogP) is 0.454. The lowest BCUT2D eigenvalue weighted by atomic mass is 10.3. The Bertz CT molecular complexity index is 540. The largest absolute Gasteiger partial charge is 0.492 e. The molecule has 0 atom stereocenters. The molecule has 0 saturated heterocycles. The van der Waals surface area contributed by atoms with Crippen molar-refractivity contribution >= 4 is 0 Å². The first kappa shape index (κ1) is 9.15. The quantitative estimate of drug-likeness (QED) is 0.723. The van der Waals surface area contributed by atoms with Gasteiger partial charge in [0.05, 0.1) is 18.0 Å². The molecule has 15 heavy (non-hydrogen) atoms. The molecule has 6 nitrogen and oxygen atoms in total. The molecule has 2 heterocycles. The zero-order chi connectivity index (χ0) is 10.8. The van der Waals surface area contributed by atoms with Crippen LogP contribution in [0.2, 0.25) is 0 Å². The molecule has 2 aromatic heterocycles. The van der Waals surface area contributed by atoms with E-state index in [1.54, 1.807) is 30.2 Å². The van der Waals surface area contributed by atoms with Crippen LogP contribution in [0.5, 0.6) is 5.88 Å². The molecule has 6 heteroatoms. The van der Waals surface area contributed by atoms with Gasteiger partial charge in [0.1, 0.15) is 11.6 Å². The van der Waals surface area contributed by atoms with Crippen LogP contribution in [0.1, 0.15) is 5.56 Å². The van der Waals surface area contributed by atoms with E-state index in [0.717, 1.165) is 0 Å². The van der Waals surface area contributed by atoms with Crippen LogP contribution in [0.25, 0.3) is 11.4 Å². The van der Waals surface area contributed by atoms with Gasteiger partial charge in [-0.25, -0.2) is 4.98 Å². The predicted molar refractivity (Wildman–Crippen MR) is 50.6 cm³/mol. The third kappa shape index (κ3) is 1.62. The first-order valence-electron chi connectivity index (χ1n) is 4.16. The van der Waals surface area contributed by atoms with Gasteiger partial charge in [-0.1, -0.05) is 0 Å². The van der Waals surface area contributed by atoms with Crippen molar-refractivity contribution in [3.63, 3.8) is 0 Å². The number of nitrogens with zero attached hydrogens (tertiary/aromatic N) is 5. The minimum Gasteiger partial charge on any atom is -0.492 e. The Balaban J connectivity index is 2.48. The molecule has 1 N–H and O–H groups in total. The van der Waals surface area contributed by atoms with E-state index in [1.807, 2.05) is 0 Å². The molecule has 0 radical (unpaired) electrons. The van der Waals surface area contributed by atoms with Crippen LogP contribution < -0.4 is 0 Å². The maximum atomic E-state index is 9.36. The van der Waals surface area contributed by atoms with Crippen molar-refractivity contribution in [2.24, 2.45) is 7.05 Å². The van der Waals surface area contributed by atoms with E-state index in [0.29, 0.717) is 11.4 Å². The van der Waals surface area contributed by atoms with Crippen molar-refractivity contribution in [1.82, 2.24) is 19.7 Å². The molecule has 0 aliphatic heterocycles. The van der Waals surface area contributed by atoms with Crippen molar-refractivity contribution in [1.29, 1.82) is 5.26 Å². The molecule has 0 aliphatic carbocycles. The number of aromatic hydroxyl groups is 1. The summed E-state index contributed by atoms with van der Waals surface area (Å²) >= 11 is 0. The van der Waals surface area contributed by atoms with Gasteiger partial charge in [0.2, 0.25) is 5.88 Å². The van der Waals surface area contributed by atoms with Crippen LogP contribution in [-0.2, 0) is 7.05 Å². The molecule has 0 unspecified atom stereocenters. The van der Waals surface area contributed by atoms with Crippen LogP contribution in [0.4, 0.5) is 0 Å². The first-order chi connectivity index (χ1) is 7.20. The molecule has 0 saturated carbocycles. The van der Waals surface area contributed by atoms with E-state index in [2.05, 4.69) is 15.1 Å². The van der Waals surface area contributed by atoms with Gasteiger partial charge in [-0.15, -0.1) is 0 Å². The number of aryl methyl sites for hydroxylation is 1. The second kappa shape index (κ2) is 3.38. The highest BCUT2D eigenvalue weighted by molar-refractivity contribution is 5.54. The van der Waals surface area contributed by atoms with Crippen LogP contribution in [0.3, 0.4) is 0 Å². The van der Waals surface area contributed by atoms with E-state index >= 15 is 0 Å². The fourth-order valence-corrected chi connectivity index (χ4v) is 1.13. The number of rotatable bonds is 1. The lowest BCUT2D eigenvalue weighted by Gasteiger charge is -1.97. The smallest absolute Gasteiger partial charge is 0.232 e. The minimum atomic E-state index is -0.314. The highest BCUT2D eigenvalue weighted by Gasteiger charge is 2.08. The molecular formula is C9H7N5O. The Hall–Kier alpha value is -2.42. The Morgan fingerprint density at radius 2 is 2.27 bits per heavy atom. The molecule has 0 spiro atoms. The van der Waals surface area contributed by atoms with Gasteiger partial charge in [0.15, 0.2) is 5.82 Å². The Kier molecular flexibility index (Phi) is 2.06. The van der Waals surface area contributed by atoms with Crippen LogP contribution >= 0.6 is 0 Å². The fraction of sp³-hybridized carbons (Fsp3) is 0.111. The van der Waals surface area contributed by atoms with Crippen molar-refractivity contribution in [3.05, 3.63) is 24.2 Å². The van der Waals surface area contributed by atoms with Gasteiger partial charge < -0.3 is 5.11 Å². The second-order valence-electron chi connectivity index (χ2n) is 2.95. The number of hydrogen-bond acceptors (Lipinski definition) is 5. The molecule has 2 rings (SSSR count). The summed E-state index contributed by atoms with van der Waals surface area (Å²) in [6.07, 6.45) is 4.59. The summed E-state index contributed by atoms with van der Waals surface area (Å²) in [5.74, 6) is 0.0333. The summed E-state index contributed by atoms with van der Waals surface area (Å²) in [5.41, 5.74) is 0.750. The second-order valence-corrected chi connectivity index (χ2v) is 2.95. The summed E-state index contributed by atoms with van der Waals surface area (Å²) in [4.78, 5) is 7.74. The number of aromatic nitrogens is 4. The zero-order valence-corrected chi connectivity index (χ0v) is 7.92. The molecular weight excluding hydrogens is 194 g/mol. The summed E-state index contributed by atoms with van der Waals surface area (Å²) in [6, 6.07) is 1.78. The molecule has 0 amide bonds. The summed E-state index contributed by atoms with van der Waals surface area (Å²) in [5, 5.41) is 21.9. The average molecular weight is 201 g/mol. The Morgan fingerprint density at radius 3 is 2.80 bits per heavy atom. The van der Waals surface area contributed by atoms with Crippen LogP contribution in [0.15, 0.2) is 18.6 Å². The van der Waals surface area contributed by atoms with E-state index < -0.39 is 0 Å². The lowest BCUT2D eigenvalue weighted by molar-refractivity contribution is 0.451. The fourth-order valence-electron chi connectivity index (χ4n) is 1.13. The summed E-state index contributed by atoms with van der Waals surface area (Å²) < 4.78 is 1.61. The van der Waals surface area contributed by atoms with Gasteiger partial charge in [-0.05, 0) is 0 Å². The Morgan fingerprint density at radius 1 is 1.47 bits per heavy atom. The Labute approximate surface area is 85.5 Å². The van der Waals surface area contributed by atoms with Gasteiger partial charge in [0.25, 0.3) is 0 Å². The minimum absolute atomic E-state index is 0.0580. The van der Waals surface area contributed by atoms with Gasteiger partial charge >= 0.3 is 0 Å². The van der Waals surface area contributed by atoms with E-state index in [-0.39, 0.29) is 11.4 Å². The topological polar surface area (TPSA) is 87.6 Å². The van der Waals surface area contributed by atoms with E-state index in [1.165, 1.54) is 6.20 Å². The highest BCUT2D eigenvalue weighted by atomic mass is 16.3. The molecule has 0 fully saturated rings. The third-order valence-electron chi connectivity index (χ3n) is 1.85. The molecule has 0 aromatic carbocycles. The van der Waals surface area contributed by atoms with E-state index in [4.69, 9.17) is 5.26 Å². The van der Waals surface area contributed by atoms with Crippen molar-refractivity contribution in [3.8, 4) is 23.3 Å². The SMILES string of the molecule is Cn1cc(-c2ncc(C#N)c(O)n2)cn1. The average Bonchev–Trinajstić information content (AvgIpc) is 2.65. The lowest BCUT2D eigenvalue weighted by Crippen LogP contribution is -1.90. The maximum absolute atomic E-state index is 9.36. The number of nitriles is 1. The molecule has 74 valence electrons. The van der Waals surface area contributed by atoms with Gasteiger partial charge in [0, 0.05) is 13.2 Å². The molecule has 2 aromatic rings.